The quantitative estimate of drug-likeness (QED) is 0.724. The Morgan fingerprint density at radius 2 is 2.00 bits per heavy atom. The van der Waals surface area contributed by atoms with Gasteiger partial charge >= 0.3 is 0 Å². The molecule has 0 saturated carbocycles. The fraction of sp³-hybridized carbons (Fsp3) is 0.538. The molecule has 1 aromatic carbocycles. The second-order valence-electron chi connectivity index (χ2n) is 5.01. The predicted molar refractivity (Wildman–Crippen MR) is 65.5 cm³/mol. The third-order valence-corrected chi connectivity index (χ3v) is 3.21. The second kappa shape index (κ2) is 4.44. The molecule has 0 aliphatic carbocycles. The van der Waals surface area contributed by atoms with Gasteiger partial charge in [-0.15, -0.1) is 0 Å². The molecule has 2 rings (SSSR count). The van der Waals surface area contributed by atoms with Gasteiger partial charge in [-0.05, 0) is 44.5 Å². The third-order valence-electron chi connectivity index (χ3n) is 3.21. The van der Waals surface area contributed by atoms with Crippen molar-refractivity contribution in [2.75, 3.05) is 13.1 Å². The van der Waals surface area contributed by atoms with E-state index in [1.54, 1.807) is 12.1 Å². The van der Waals surface area contributed by atoms with Crippen molar-refractivity contribution in [3.8, 4) is 5.75 Å². The van der Waals surface area contributed by atoms with Crippen LogP contribution in [0.25, 0.3) is 0 Å². The highest BCUT2D eigenvalue weighted by Crippen LogP contribution is 2.23. The second-order valence-corrected chi connectivity index (χ2v) is 5.01. The van der Waals surface area contributed by atoms with E-state index in [4.69, 9.17) is 0 Å². The van der Waals surface area contributed by atoms with Crippen molar-refractivity contribution in [3.05, 3.63) is 29.8 Å². The van der Waals surface area contributed by atoms with Gasteiger partial charge in [0.2, 0.25) is 0 Å². The smallest absolute Gasteiger partial charge is 0.115 e. The van der Waals surface area contributed by atoms with Gasteiger partial charge in [0.25, 0.3) is 0 Å². The van der Waals surface area contributed by atoms with Crippen LogP contribution in [0.3, 0.4) is 0 Å². The first kappa shape index (κ1) is 11.4. The molecule has 1 atom stereocenters. The van der Waals surface area contributed by atoms with E-state index in [9.17, 15) is 5.11 Å². The molecule has 0 amide bonds. The molecule has 3 heteroatoms. The highest BCUT2D eigenvalue weighted by Gasteiger charge is 2.25. The minimum atomic E-state index is -0.0512. The van der Waals surface area contributed by atoms with Crippen molar-refractivity contribution < 1.29 is 5.11 Å². The maximum absolute atomic E-state index is 9.28. The Kier molecular flexibility index (Phi) is 3.17. The Balaban J connectivity index is 2.07. The van der Waals surface area contributed by atoms with E-state index < -0.39 is 0 Å². The molecule has 0 bridgehead atoms. The summed E-state index contributed by atoms with van der Waals surface area (Å²) in [6.45, 7) is 6.50. The van der Waals surface area contributed by atoms with Gasteiger partial charge in [-0.25, -0.2) is 0 Å². The van der Waals surface area contributed by atoms with Crippen LogP contribution in [0.15, 0.2) is 24.3 Å². The summed E-state index contributed by atoms with van der Waals surface area (Å²) in [5, 5.41) is 16.3. The van der Waals surface area contributed by atoms with Crippen LogP contribution in [-0.2, 0) is 5.54 Å². The number of nitrogens with one attached hydrogen (secondary N) is 2. The van der Waals surface area contributed by atoms with E-state index in [-0.39, 0.29) is 5.54 Å². The topological polar surface area (TPSA) is 44.3 Å². The highest BCUT2D eigenvalue weighted by molar-refractivity contribution is 5.30. The van der Waals surface area contributed by atoms with Crippen LogP contribution in [0, 0.1) is 0 Å². The van der Waals surface area contributed by atoms with Crippen LogP contribution in [0.4, 0.5) is 0 Å². The van der Waals surface area contributed by atoms with E-state index in [0.29, 0.717) is 11.8 Å². The summed E-state index contributed by atoms with van der Waals surface area (Å²) in [5.74, 6) is 0.321. The maximum atomic E-state index is 9.28. The summed E-state index contributed by atoms with van der Waals surface area (Å²) in [7, 11) is 0. The minimum Gasteiger partial charge on any atom is -0.508 e. The fourth-order valence-corrected chi connectivity index (χ4v) is 2.25. The first-order valence-corrected chi connectivity index (χ1v) is 5.86. The molecule has 88 valence electrons. The first-order chi connectivity index (χ1) is 7.58. The molecule has 3 nitrogen and oxygen atoms in total. The van der Waals surface area contributed by atoms with E-state index in [0.717, 1.165) is 13.1 Å². The fourth-order valence-electron chi connectivity index (χ4n) is 2.25. The monoisotopic (exact) mass is 220 g/mol. The van der Waals surface area contributed by atoms with Crippen molar-refractivity contribution in [3.63, 3.8) is 0 Å². The van der Waals surface area contributed by atoms with Crippen molar-refractivity contribution in [1.82, 2.24) is 10.6 Å². The Labute approximate surface area is 96.9 Å². The zero-order valence-corrected chi connectivity index (χ0v) is 9.96. The Morgan fingerprint density at radius 1 is 1.31 bits per heavy atom. The number of phenolic OH excluding ortho intramolecular Hbond substituents is 1. The van der Waals surface area contributed by atoms with Crippen LogP contribution in [-0.4, -0.2) is 24.2 Å². The Bertz CT molecular complexity index is 339. The predicted octanol–water partition coefficient (Wildman–Crippen LogP) is 1.58. The zero-order valence-electron chi connectivity index (χ0n) is 9.96. The van der Waals surface area contributed by atoms with Gasteiger partial charge < -0.3 is 15.7 Å². The van der Waals surface area contributed by atoms with Gasteiger partial charge in [-0.1, -0.05) is 12.1 Å². The highest BCUT2D eigenvalue weighted by atomic mass is 16.3. The normalized spacial score (nSPS) is 21.2. The molecule has 1 aliphatic heterocycles. The summed E-state index contributed by atoms with van der Waals surface area (Å²) >= 11 is 0. The van der Waals surface area contributed by atoms with Crippen LogP contribution >= 0.6 is 0 Å². The summed E-state index contributed by atoms with van der Waals surface area (Å²) in [4.78, 5) is 0. The lowest BCUT2D eigenvalue weighted by atomic mass is 9.93. The van der Waals surface area contributed by atoms with Crippen LogP contribution in [0.2, 0.25) is 0 Å². The molecule has 1 fully saturated rings. The molecule has 1 unspecified atom stereocenters. The van der Waals surface area contributed by atoms with Crippen molar-refractivity contribution in [2.24, 2.45) is 0 Å². The van der Waals surface area contributed by atoms with Gasteiger partial charge in [0.05, 0.1) is 0 Å². The van der Waals surface area contributed by atoms with Crippen LogP contribution < -0.4 is 10.6 Å². The number of aromatic hydroxyl groups is 1. The lowest BCUT2D eigenvalue weighted by molar-refractivity contribution is 0.351. The molecule has 0 spiro atoms. The standard InChI is InChI=1S/C13H20N2O/c1-13(2,15-11-7-8-14-9-11)10-3-5-12(16)6-4-10/h3-6,11,14-16H,7-9H2,1-2H3. The number of benzene rings is 1. The van der Waals surface area contributed by atoms with Crippen LogP contribution in [0.5, 0.6) is 5.75 Å². The molecule has 1 heterocycles. The minimum absolute atomic E-state index is 0.0512. The third kappa shape index (κ3) is 2.54. The zero-order chi connectivity index (χ0) is 11.6. The average molecular weight is 220 g/mol. The lowest BCUT2D eigenvalue weighted by Gasteiger charge is -2.30. The Morgan fingerprint density at radius 3 is 2.56 bits per heavy atom. The Hall–Kier alpha value is -1.06. The van der Waals surface area contributed by atoms with E-state index in [1.165, 1.54) is 12.0 Å². The summed E-state index contributed by atoms with van der Waals surface area (Å²) in [6, 6.07) is 7.98. The van der Waals surface area contributed by atoms with E-state index >= 15 is 0 Å². The molecule has 3 N–H and O–H groups in total. The molecule has 1 aromatic rings. The first-order valence-electron chi connectivity index (χ1n) is 5.86. The summed E-state index contributed by atoms with van der Waals surface area (Å²) < 4.78 is 0. The number of phenols is 1. The summed E-state index contributed by atoms with van der Waals surface area (Å²) in [5.41, 5.74) is 1.15. The molecule has 1 saturated heterocycles. The number of hydrogen-bond acceptors (Lipinski definition) is 3. The largest absolute Gasteiger partial charge is 0.508 e. The molecular formula is C13H20N2O. The number of rotatable bonds is 3. The molecule has 16 heavy (non-hydrogen) atoms. The van der Waals surface area contributed by atoms with E-state index in [2.05, 4.69) is 24.5 Å². The van der Waals surface area contributed by atoms with Gasteiger partial charge in [-0.3, -0.25) is 0 Å². The molecular weight excluding hydrogens is 200 g/mol. The molecule has 0 radical (unpaired) electrons. The lowest BCUT2D eigenvalue weighted by Crippen LogP contribution is -2.44. The summed E-state index contributed by atoms with van der Waals surface area (Å²) in [6.07, 6.45) is 1.18. The van der Waals surface area contributed by atoms with Crippen molar-refractivity contribution in [1.29, 1.82) is 0 Å². The van der Waals surface area contributed by atoms with Crippen molar-refractivity contribution >= 4 is 0 Å². The molecule has 0 aromatic heterocycles. The van der Waals surface area contributed by atoms with Gasteiger partial charge in [-0.2, -0.15) is 0 Å². The van der Waals surface area contributed by atoms with Crippen LogP contribution in [0.1, 0.15) is 25.8 Å². The van der Waals surface area contributed by atoms with Gasteiger partial charge in [0.15, 0.2) is 0 Å². The van der Waals surface area contributed by atoms with Gasteiger partial charge in [0, 0.05) is 18.1 Å². The SMILES string of the molecule is CC(C)(NC1CCNC1)c1ccc(O)cc1. The molecule has 1 aliphatic rings. The van der Waals surface area contributed by atoms with Crippen molar-refractivity contribution in [2.45, 2.75) is 31.8 Å². The number of hydrogen-bond donors (Lipinski definition) is 3. The average Bonchev–Trinajstić information content (AvgIpc) is 2.70. The van der Waals surface area contributed by atoms with E-state index in [1.807, 2.05) is 12.1 Å². The maximum Gasteiger partial charge on any atom is 0.115 e. The van der Waals surface area contributed by atoms with Gasteiger partial charge in [0.1, 0.15) is 5.75 Å².